The summed E-state index contributed by atoms with van der Waals surface area (Å²) in [6.45, 7) is 4.63. The van der Waals surface area contributed by atoms with Crippen LogP contribution in [0.15, 0.2) is 27.6 Å². The largest absolute Gasteiger partial charge is 0.243 e. The number of hydrogen-bond donors (Lipinski definition) is 0. The Bertz CT molecular complexity index is 569. The van der Waals surface area contributed by atoms with Gasteiger partial charge in [0, 0.05) is 17.1 Å². The van der Waals surface area contributed by atoms with Crippen molar-refractivity contribution in [3.05, 3.63) is 28.2 Å². The van der Waals surface area contributed by atoms with Crippen LogP contribution in [0.1, 0.15) is 44.6 Å². The van der Waals surface area contributed by atoms with E-state index >= 15 is 0 Å². The van der Waals surface area contributed by atoms with E-state index in [2.05, 4.69) is 22.9 Å². The van der Waals surface area contributed by atoms with E-state index in [1.807, 2.05) is 19.1 Å². The molecule has 3 nitrogen and oxygen atoms in total. The molecule has 112 valence electrons. The average molecular weight is 360 g/mol. The van der Waals surface area contributed by atoms with Gasteiger partial charge in [0.15, 0.2) is 0 Å². The van der Waals surface area contributed by atoms with E-state index in [1.165, 1.54) is 0 Å². The van der Waals surface area contributed by atoms with Crippen LogP contribution in [-0.4, -0.2) is 25.3 Å². The van der Waals surface area contributed by atoms with E-state index in [0.717, 1.165) is 42.1 Å². The fourth-order valence-electron chi connectivity index (χ4n) is 2.89. The van der Waals surface area contributed by atoms with Crippen molar-refractivity contribution in [1.29, 1.82) is 0 Å². The molecule has 0 N–H and O–H groups in total. The molecule has 1 aliphatic rings. The van der Waals surface area contributed by atoms with Gasteiger partial charge in [-0.15, -0.1) is 0 Å². The monoisotopic (exact) mass is 359 g/mol. The minimum atomic E-state index is -3.38. The van der Waals surface area contributed by atoms with Gasteiger partial charge in [0.2, 0.25) is 10.0 Å². The second-order valence-electron chi connectivity index (χ2n) is 5.46. The van der Waals surface area contributed by atoms with Gasteiger partial charge in [0.1, 0.15) is 0 Å². The van der Waals surface area contributed by atoms with Crippen molar-refractivity contribution < 1.29 is 8.42 Å². The average Bonchev–Trinajstić information content (AvgIpc) is 2.42. The number of aryl methyl sites for hydroxylation is 1. The topological polar surface area (TPSA) is 37.4 Å². The van der Waals surface area contributed by atoms with Crippen LogP contribution in [-0.2, 0) is 10.0 Å². The van der Waals surface area contributed by atoms with E-state index in [-0.39, 0.29) is 6.04 Å². The minimum Gasteiger partial charge on any atom is -0.207 e. The lowest BCUT2D eigenvalue weighted by molar-refractivity contribution is 0.239. The number of benzene rings is 1. The molecule has 0 amide bonds. The maximum atomic E-state index is 13.0. The first-order chi connectivity index (χ1) is 9.46. The molecule has 0 spiro atoms. The van der Waals surface area contributed by atoms with E-state index in [4.69, 9.17) is 0 Å². The van der Waals surface area contributed by atoms with Crippen LogP contribution in [0.3, 0.4) is 0 Å². The van der Waals surface area contributed by atoms with Gasteiger partial charge in [-0.2, -0.15) is 4.31 Å². The van der Waals surface area contributed by atoms with Crippen molar-refractivity contribution in [2.45, 2.75) is 56.9 Å². The van der Waals surface area contributed by atoms with Crippen molar-refractivity contribution >= 4 is 26.0 Å². The summed E-state index contributed by atoms with van der Waals surface area (Å²) in [6, 6.07) is 5.63. The van der Waals surface area contributed by atoms with Gasteiger partial charge >= 0.3 is 0 Å². The SMILES string of the molecule is CCCC1CCCCN1S(=O)(=O)c1cc(Br)ccc1C. The first kappa shape index (κ1) is 16.0. The second kappa shape index (κ2) is 6.58. The molecular formula is C15H22BrNO2S. The third-order valence-electron chi connectivity index (χ3n) is 3.93. The zero-order chi connectivity index (χ0) is 14.8. The standard InChI is InChI=1S/C15H22BrNO2S/c1-3-6-14-7-4-5-10-17(14)20(18,19)15-11-13(16)9-8-12(15)2/h8-9,11,14H,3-7,10H2,1-2H3. The Kier molecular flexibility index (Phi) is 5.26. The Hall–Kier alpha value is -0.390. The highest BCUT2D eigenvalue weighted by Crippen LogP contribution is 2.30. The molecule has 0 radical (unpaired) electrons. The molecule has 20 heavy (non-hydrogen) atoms. The molecule has 1 fully saturated rings. The lowest BCUT2D eigenvalue weighted by Gasteiger charge is -2.35. The predicted octanol–water partition coefficient (Wildman–Crippen LogP) is 4.10. The van der Waals surface area contributed by atoms with Crippen LogP contribution >= 0.6 is 15.9 Å². The van der Waals surface area contributed by atoms with Crippen molar-refractivity contribution in [2.24, 2.45) is 0 Å². The summed E-state index contributed by atoms with van der Waals surface area (Å²) in [7, 11) is -3.38. The van der Waals surface area contributed by atoms with Gasteiger partial charge in [0.05, 0.1) is 4.90 Å². The summed E-state index contributed by atoms with van der Waals surface area (Å²) in [6.07, 6.45) is 5.06. The molecule has 0 aliphatic carbocycles. The number of piperidine rings is 1. The van der Waals surface area contributed by atoms with Gasteiger partial charge in [-0.3, -0.25) is 0 Å². The fraction of sp³-hybridized carbons (Fsp3) is 0.600. The van der Waals surface area contributed by atoms with Crippen LogP contribution in [0.5, 0.6) is 0 Å². The first-order valence-electron chi connectivity index (χ1n) is 7.25. The number of hydrogen-bond acceptors (Lipinski definition) is 2. The highest BCUT2D eigenvalue weighted by molar-refractivity contribution is 9.10. The molecule has 1 unspecified atom stereocenters. The highest BCUT2D eigenvalue weighted by atomic mass is 79.9. The number of rotatable bonds is 4. The summed E-state index contributed by atoms with van der Waals surface area (Å²) in [5.41, 5.74) is 0.814. The Morgan fingerprint density at radius 1 is 1.35 bits per heavy atom. The van der Waals surface area contributed by atoms with E-state index in [9.17, 15) is 8.42 Å². The zero-order valence-corrected chi connectivity index (χ0v) is 14.5. The zero-order valence-electron chi connectivity index (χ0n) is 12.1. The Balaban J connectivity index is 2.39. The Labute approximate surface area is 130 Å². The van der Waals surface area contributed by atoms with E-state index in [1.54, 1.807) is 10.4 Å². The molecule has 1 heterocycles. The summed E-state index contributed by atoms with van der Waals surface area (Å²) in [5.74, 6) is 0. The first-order valence-corrected chi connectivity index (χ1v) is 9.48. The number of nitrogens with zero attached hydrogens (tertiary/aromatic N) is 1. The maximum Gasteiger partial charge on any atom is 0.243 e. The lowest BCUT2D eigenvalue weighted by Crippen LogP contribution is -2.43. The number of sulfonamides is 1. The lowest BCUT2D eigenvalue weighted by atomic mass is 10.0. The van der Waals surface area contributed by atoms with Gasteiger partial charge in [-0.1, -0.05) is 41.8 Å². The predicted molar refractivity (Wildman–Crippen MR) is 85.3 cm³/mol. The summed E-state index contributed by atoms with van der Waals surface area (Å²) in [5, 5.41) is 0. The fourth-order valence-corrected chi connectivity index (χ4v) is 5.38. The van der Waals surface area contributed by atoms with Crippen LogP contribution in [0.4, 0.5) is 0 Å². The molecule has 5 heteroatoms. The van der Waals surface area contributed by atoms with Gasteiger partial charge in [-0.25, -0.2) is 8.42 Å². The van der Waals surface area contributed by atoms with Crippen LogP contribution in [0, 0.1) is 6.92 Å². The molecule has 1 saturated heterocycles. The van der Waals surface area contributed by atoms with E-state index < -0.39 is 10.0 Å². The summed E-state index contributed by atoms with van der Waals surface area (Å²) in [4.78, 5) is 0.440. The molecule has 0 aromatic heterocycles. The van der Waals surface area contributed by atoms with Crippen molar-refractivity contribution in [3.8, 4) is 0 Å². The number of halogens is 1. The van der Waals surface area contributed by atoms with Gasteiger partial charge in [0.25, 0.3) is 0 Å². The van der Waals surface area contributed by atoms with E-state index in [0.29, 0.717) is 11.4 Å². The third kappa shape index (κ3) is 3.26. The van der Waals surface area contributed by atoms with Gasteiger partial charge < -0.3 is 0 Å². The highest BCUT2D eigenvalue weighted by Gasteiger charge is 2.33. The van der Waals surface area contributed by atoms with Crippen molar-refractivity contribution in [3.63, 3.8) is 0 Å². The molecule has 2 rings (SSSR count). The molecule has 0 bridgehead atoms. The third-order valence-corrected chi connectivity index (χ3v) is 6.52. The van der Waals surface area contributed by atoms with Gasteiger partial charge in [-0.05, 0) is 43.9 Å². The summed E-state index contributed by atoms with van der Waals surface area (Å²) >= 11 is 3.38. The van der Waals surface area contributed by atoms with Crippen molar-refractivity contribution in [1.82, 2.24) is 4.31 Å². The molecular weight excluding hydrogens is 338 g/mol. The van der Waals surface area contributed by atoms with Crippen LogP contribution in [0.25, 0.3) is 0 Å². The molecule has 1 aromatic rings. The summed E-state index contributed by atoms with van der Waals surface area (Å²) < 4.78 is 28.4. The second-order valence-corrected chi connectivity index (χ2v) is 8.24. The molecule has 1 atom stereocenters. The molecule has 1 aromatic carbocycles. The van der Waals surface area contributed by atoms with Crippen molar-refractivity contribution in [2.75, 3.05) is 6.54 Å². The molecule has 1 aliphatic heterocycles. The minimum absolute atomic E-state index is 0.164. The smallest absolute Gasteiger partial charge is 0.207 e. The Morgan fingerprint density at radius 3 is 2.80 bits per heavy atom. The Morgan fingerprint density at radius 2 is 2.10 bits per heavy atom. The normalized spacial score (nSPS) is 21.1. The quantitative estimate of drug-likeness (QED) is 0.811. The maximum absolute atomic E-state index is 13.0. The van der Waals surface area contributed by atoms with Crippen LogP contribution in [0.2, 0.25) is 0 Å². The molecule has 0 saturated carbocycles. The van der Waals surface area contributed by atoms with Crippen LogP contribution < -0.4 is 0 Å².